The first-order valence-corrected chi connectivity index (χ1v) is 7.97. The van der Waals surface area contributed by atoms with Gasteiger partial charge >= 0.3 is 0 Å². The molecule has 20 heavy (non-hydrogen) atoms. The number of rotatable bonds is 4. The molecule has 0 spiro atoms. The SMILES string of the molecule is CC(C)(C)C1CCCC(NOCc2ccccc2)CC1. The maximum Gasteiger partial charge on any atom is 0.0933 e. The van der Waals surface area contributed by atoms with Crippen molar-refractivity contribution in [1.29, 1.82) is 0 Å². The Hall–Kier alpha value is -0.860. The molecular formula is C18H29NO. The molecule has 2 atom stereocenters. The molecule has 1 fully saturated rings. The van der Waals surface area contributed by atoms with Crippen molar-refractivity contribution in [3.63, 3.8) is 0 Å². The van der Waals surface area contributed by atoms with Crippen LogP contribution >= 0.6 is 0 Å². The molecule has 0 aliphatic heterocycles. The quantitative estimate of drug-likeness (QED) is 0.635. The van der Waals surface area contributed by atoms with E-state index in [4.69, 9.17) is 4.84 Å². The van der Waals surface area contributed by atoms with E-state index in [1.165, 1.54) is 37.7 Å². The molecule has 0 bridgehead atoms. The summed E-state index contributed by atoms with van der Waals surface area (Å²) in [6, 6.07) is 10.9. The summed E-state index contributed by atoms with van der Waals surface area (Å²) < 4.78 is 0. The molecule has 1 N–H and O–H groups in total. The largest absolute Gasteiger partial charge is 0.297 e. The van der Waals surface area contributed by atoms with Gasteiger partial charge in [-0.2, -0.15) is 5.48 Å². The maximum absolute atomic E-state index is 5.69. The van der Waals surface area contributed by atoms with Crippen molar-refractivity contribution in [2.45, 2.75) is 65.5 Å². The number of hydrogen-bond acceptors (Lipinski definition) is 2. The highest BCUT2D eigenvalue weighted by Gasteiger charge is 2.27. The van der Waals surface area contributed by atoms with Crippen LogP contribution in [0.2, 0.25) is 0 Å². The summed E-state index contributed by atoms with van der Waals surface area (Å²) in [4.78, 5) is 5.69. The van der Waals surface area contributed by atoms with Crippen LogP contribution in [0.1, 0.15) is 58.4 Å². The Morgan fingerprint density at radius 1 is 1.05 bits per heavy atom. The van der Waals surface area contributed by atoms with Crippen LogP contribution in [0.3, 0.4) is 0 Å². The molecular weight excluding hydrogens is 246 g/mol. The van der Waals surface area contributed by atoms with Crippen molar-refractivity contribution in [3.8, 4) is 0 Å². The Bertz CT molecular complexity index is 382. The van der Waals surface area contributed by atoms with E-state index in [0.29, 0.717) is 18.1 Å². The average Bonchev–Trinajstić information content (AvgIpc) is 2.65. The van der Waals surface area contributed by atoms with Crippen LogP contribution in [0.4, 0.5) is 0 Å². The van der Waals surface area contributed by atoms with Crippen LogP contribution in [-0.4, -0.2) is 6.04 Å². The van der Waals surface area contributed by atoms with E-state index in [0.717, 1.165) is 5.92 Å². The molecule has 112 valence electrons. The standard InChI is InChI=1S/C18H29NO/c1-18(2,3)16-10-7-11-17(13-12-16)19-20-14-15-8-5-4-6-9-15/h4-6,8-9,16-17,19H,7,10-14H2,1-3H3. The van der Waals surface area contributed by atoms with Crippen molar-refractivity contribution in [2.75, 3.05) is 0 Å². The third-order valence-electron chi connectivity index (χ3n) is 4.53. The zero-order valence-corrected chi connectivity index (χ0v) is 13.2. The summed E-state index contributed by atoms with van der Waals surface area (Å²) in [5.41, 5.74) is 4.95. The lowest BCUT2D eigenvalue weighted by Crippen LogP contribution is -2.29. The van der Waals surface area contributed by atoms with Gasteiger partial charge in [-0.15, -0.1) is 0 Å². The Balaban J connectivity index is 1.72. The second-order valence-corrected chi connectivity index (χ2v) is 7.16. The lowest BCUT2D eigenvalue weighted by molar-refractivity contribution is -0.000289. The third kappa shape index (κ3) is 4.92. The van der Waals surface area contributed by atoms with E-state index in [-0.39, 0.29) is 0 Å². The fourth-order valence-electron chi connectivity index (χ4n) is 3.10. The molecule has 2 unspecified atom stereocenters. The van der Waals surface area contributed by atoms with Gasteiger partial charge in [-0.05, 0) is 42.6 Å². The lowest BCUT2D eigenvalue weighted by Gasteiger charge is -2.29. The first kappa shape index (κ1) is 15.5. The van der Waals surface area contributed by atoms with E-state index in [9.17, 15) is 0 Å². The van der Waals surface area contributed by atoms with Gasteiger partial charge in [0.2, 0.25) is 0 Å². The average molecular weight is 275 g/mol. The van der Waals surface area contributed by atoms with Crippen molar-refractivity contribution in [3.05, 3.63) is 35.9 Å². The van der Waals surface area contributed by atoms with Crippen LogP contribution in [0.25, 0.3) is 0 Å². The Labute approximate surface area is 123 Å². The van der Waals surface area contributed by atoms with E-state index in [1.807, 2.05) is 6.07 Å². The van der Waals surface area contributed by atoms with Crippen molar-refractivity contribution in [2.24, 2.45) is 11.3 Å². The number of benzene rings is 1. The fraction of sp³-hybridized carbons (Fsp3) is 0.667. The van der Waals surface area contributed by atoms with Crippen molar-refractivity contribution in [1.82, 2.24) is 5.48 Å². The first-order chi connectivity index (χ1) is 9.55. The highest BCUT2D eigenvalue weighted by atomic mass is 16.6. The monoisotopic (exact) mass is 275 g/mol. The minimum Gasteiger partial charge on any atom is -0.297 e. The number of hydroxylamine groups is 1. The number of hydrogen-bond donors (Lipinski definition) is 1. The van der Waals surface area contributed by atoms with Gasteiger partial charge in [0.25, 0.3) is 0 Å². The smallest absolute Gasteiger partial charge is 0.0933 e. The van der Waals surface area contributed by atoms with Crippen LogP contribution < -0.4 is 5.48 Å². The summed E-state index contributed by atoms with van der Waals surface area (Å²) in [5, 5.41) is 0. The molecule has 0 radical (unpaired) electrons. The van der Waals surface area contributed by atoms with Gasteiger partial charge in [-0.3, -0.25) is 4.84 Å². The van der Waals surface area contributed by atoms with Gasteiger partial charge in [0.1, 0.15) is 0 Å². The molecule has 2 rings (SSSR count). The maximum atomic E-state index is 5.69. The zero-order valence-electron chi connectivity index (χ0n) is 13.2. The molecule has 2 nitrogen and oxygen atoms in total. The molecule has 0 saturated heterocycles. The van der Waals surface area contributed by atoms with Gasteiger partial charge in [0.15, 0.2) is 0 Å². The molecule has 1 saturated carbocycles. The second-order valence-electron chi connectivity index (χ2n) is 7.16. The normalized spacial score (nSPS) is 24.4. The molecule has 1 aliphatic carbocycles. The molecule has 0 amide bonds. The van der Waals surface area contributed by atoms with E-state index >= 15 is 0 Å². The van der Waals surface area contributed by atoms with Gasteiger partial charge < -0.3 is 0 Å². The predicted molar refractivity (Wildman–Crippen MR) is 84.2 cm³/mol. The first-order valence-electron chi connectivity index (χ1n) is 7.97. The van der Waals surface area contributed by atoms with Gasteiger partial charge in [-0.25, -0.2) is 0 Å². The minimum atomic E-state index is 0.444. The second kappa shape index (κ2) is 7.24. The predicted octanol–water partition coefficient (Wildman–Crippen LogP) is 4.70. The van der Waals surface area contributed by atoms with Crippen LogP contribution in [-0.2, 0) is 11.4 Å². The Morgan fingerprint density at radius 3 is 2.50 bits per heavy atom. The van der Waals surface area contributed by atoms with E-state index in [2.05, 4.69) is 50.5 Å². The molecule has 0 aromatic heterocycles. The van der Waals surface area contributed by atoms with Gasteiger partial charge in [-0.1, -0.05) is 57.5 Å². The third-order valence-corrected chi connectivity index (χ3v) is 4.53. The Kier molecular flexibility index (Phi) is 5.62. The Morgan fingerprint density at radius 2 is 1.80 bits per heavy atom. The molecule has 1 aliphatic rings. The fourth-order valence-corrected chi connectivity index (χ4v) is 3.10. The topological polar surface area (TPSA) is 21.3 Å². The number of nitrogens with one attached hydrogen (secondary N) is 1. The molecule has 2 heteroatoms. The highest BCUT2D eigenvalue weighted by Crippen LogP contribution is 2.36. The van der Waals surface area contributed by atoms with Crippen LogP contribution in [0.15, 0.2) is 30.3 Å². The van der Waals surface area contributed by atoms with Crippen molar-refractivity contribution >= 4 is 0 Å². The molecule has 1 aromatic rings. The summed E-state index contributed by atoms with van der Waals surface area (Å²) in [5.74, 6) is 0.850. The lowest BCUT2D eigenvalue weighted by atomic mass is 9.76. The van der Waals surface area contributed by atoms with Crippen LogP contribution in [0.5, 0.6) is 0 Å². The molecule has 0 heterocycles. The van der Waals surface area contributed by atoms with Gasteiger partial charge in [0, 0.05) is 6.04 Å². The van der Waals surface area contributed by atoms with Crippen LogP contribution in [0, 0.1) is 11.3 Å². The summed E-state index contributed by atoms with van der Waals surface area (Å²) in [6.45, 7) is 7.77. The van der Waals surface area contributed by atoms with E-state index in [1.54, 1.807) is 0 Å². The molecule has 1 aromatic carbocycles. The van der Waals surface area contributed by atoms with Gasteiger partial charge in [0.05, 0.1) is 6.61 Å². The zero-order chi connectivity index (χ0) is 14.4. The minimum absolute atomic E-state index is 0.444. The van der Waals surface area contributed by atoms with Crippen molar-refractivity contribution < 1.29 is 4.84 Å². The van der Waals surface area contributed by atoms with E-state index < -0.39 is 0 Å². The highest BCUT2D eigenvalue weighted by molar-refractivity contribution is 5.13. The summed E-state index contributed by atoms with van der Waals surface area (Å²) in [7, 11) is 0. The summed E-state index contributed by atoms with van der Waals surface area (Å²) >= 11 is 0. The summed E-state index contributed by atoms with van der Waals surface area (Å²) in [6.07, 6.45) is 6.46.